The fraction of sp³-hybridized carbons (Fsp3) is 0.188. The number of carbonyl (C=O) groups is 1. The van der Waals surface area contributed by atoms with Gasteiger partial charge in [-0.3, -0.25) is 14.9 Å². The molecule has 0 aliphatic heterocycles. The van der Waals surface area contributed by atoms with E-state index in [0.29, 0.717) is 11.4 Å². The van der Waals surface area contributed by atoms with Crippen LogP contribution in [0.1, 0.15) is 6.42 Å². The molecule has 132 valence electrons. The van der Waals surface area contributed by atoms with Gasteiger partial charge in [0.05, 0.1) is 18.0 Å². The molecule has 0 saturated carbocycles. The zero-order valence-electron chi connectivity index (χ0n) is 12.9. The maximum atomic E-state index is 12.0. The summed E-state index contributed by atoms with van der Waals surface area (Å²) in [5.41, 5.74) is 0.381. The number of rotatable bonds is 8. The number of amides is 1. The average molecular weight is 352 g/mol. The lowest BCUT2D eigenvalue weighted by Gasteiger charge is -2.08. The summed E-state index contributed by atoms with van der Waals surface area (Å²) < 4.78 is 33.6. The Hall–Kier alpha value is -3.23. The minimum Gasteiger partial charge on any atom is -0.493 e. The van der Waals surface area contributed by atoms with Gasteiger partial charge in [-0.1, -0.05) is 0 Å². The van der Waals surface area contributed by atoms with Gasteiger partial charge in [-0.05, 0) is 36.4 Å². The molecule has 25 heavy (non-hydrogen) atoms. The summed E-state index contributed by atoms with van der Waals surface area (Å²) in [6.07, 6.45) is 0.0479. The smallest absolute Gasteiger partial charge is 0.387 e. The van der Waals surface area contributed by atoms with Crippen LogP contribution in [0.3, 0.4) is 0 Å². The highest BCUT2D eigenvalue weighted by Crippen LogP contribution is 2.19. The van der Waals surface area contributed by atoms with Gasteiger partial charge >= 0.3 is 6.61 Å². The normalized spacial score (nSPS) is 10.4. The maximum absolute atomic E-state index is 12.0. The predicted octanol–water partition coefficient (Wildman–Crippen LogP) is 3.60. The van der Waals surface area contributed by atoms with E-state index in [1.807, 2.05) is 0 Å². The number of non-ortho nitro benzene ring substituents is 1. The van der Waals surface area contributed by atoms with Crippen molar-refractivity contribution in [2.75, 3.05) is 11.9 Å². The zero-order chi connectivity index (χ0) is 18.2. The second-order valence-corrected chi connectivity index (χ2v) is 4.80. The van der Waals surface area contributed by atoms with Gasteiger partial charge in [0, 0.05) is 17.8 Å². The van der Waals surface area contributed by atoms with Crippen LogP contribution in [0.5, 0.6) is 11.5 Å². The summed E-state index contributed by atoms with van der Waals surface area (Å²) in [5.74, 6) is 0.0749. The highest BCUT2D eigenvalue weighted by molar-refractivity contribution is 5.90. The van der Waals surface area contributed by atoms with Crippen molar-refractivity contribution in [3.8, 4) is 11.5 Å². The third kappa shape index (κ3) is 6.05. The molecule has 0 spiro atoms. The number of hydrogen-bond acceptors (Lipinski definition) is 5. The Bertz CT molecular complexity index is 720. The minimum absolute atomic E-state index is 0.00509. The highest BCUT2D eigenvalue weighted by Gasteiger charge is 2.07. The van der Waals surface area contributed by atoms with Crippen molar-refractivity contribution >= 4 is 17.3 Å². The number of nitrogens with one attached hydrogen (secondary N) is 1. The molecule has 2 aromatic rings. The monoisotopic (exact) mass is 352 g/mol. The van der Waals surface area contributed by atoms with Gasteiger partial charge in [-0.25, -0.2) is 0 Å². The van der Waals surface area contributed by atoms with E-state index in [2.05, 4.69) is 10.1 Å². The van der Waals surface area contributed by atoms with E-state index >= 15 is 0 Å². The minimum atomic E-state index is -2.91. The molecule has 0 aliphatic carbocycles. The lowest BCUT2D eigenvalue weighted by atomic mass is 10.3. The molecule has 0 bridgehead atoms. The number of hydrogen-bond donors (Lipinski definition) is 1. The summed E-state index contributed by atoms with van der Waals surface area (Å²) in [5, 5.41) is 13.1. The van der Waals surface area contributed by atoms with Gasteiger partial charge in [-0.2, -0.15) is 8.78 Å². The molecular formula is C16H14F2N2O5. The van der Waals surface area contributed by atoms with Crippen LogP contribution in [0.4, 0.5) is 20.2 Å². The van der Waals surface area contributed by atoms with Gasteiger partial charge < -0.3 is 14.8 Å². The predicted molar refractivity (Wildman–Crippen MR) is 84.9 cm³/mol. The first-order chi connectivity index (χ1) is 11.9. The molecule has 0 saturated heterocycles. The molecule has 0 fully saturated rings. The summed E-state index contributed by atoms with van der Waals surface area (Å²) in [4.78, 5) is 21.8. The number of anilines is 1. The zero-order valence-corrected chi connectivity index (χ0v) is 12.9. The Balaban J connectivity index is 1.75. The fourth-order valence-corrected chi connectivity index (χ4v) is 1.87. The number of nitrogens with zero attached hydrogens (tertiary/aromatic N) is 1. The molecule has 0 radical (unpaired) electrons. The summed E-state index contributed by atoms with van der Waals surface area (Å²) in [6, 6.07) is 11.0. The Morgan fingerprint density at radius 3 is 2.24 bits per heavy atom. The number of benzene rings is 2. The molecule has 0 aromatic heterocycles. The van der Waals surface area contributed by atoms with Gasteiger partial charge in [0.1, 0.15) is 11.5 Å². The van der Waals surface area contributed by atoms with Crippen molar-refractivity contribution < 1.29 is 28.0 Å². The maximum Gasteiger partial charge on any atom is 0.387 e. The quantitative estimate of drug-likeness (QED) is 0.579. The third-order valence-electron chi connectivity index (χ3n) is 3.01. The first-order valence-electron chi connectivity index (χ1n) is 7.16. The van der Waals surface area contributed by atoms with Gasteiger partial charge in [0.2, 0.25) is 5.91 Å². The number of nitro groups is 1. The van der Waals surface area contributed by atoms with Crippen molar-refractivity contribution in [3.05, 3.63) is 58.6 Å². The van der Waals surface area contributed by atoms with E-state index in [1.54, 1.807) is 0 Å². The SMILES string of the molecule is O=C(CCOc1ccc([N+](=O)[O-])cc1)Nc1ccc(OC(F)F)cc1. The molecule has 1 N–H and O–H groups in total. The third-order valence-corrected chi connectivity index (χ3v) is 3.01. The van der Waals surface area contributed by atoms with Crippen LogP contribution in [0.15, 0.2) is 48.5 Å². The van der Waals surface area contributed by atoms with E-state index < -0.39 is 11.5 Å². The van der Waals surface area contributed by atoms with Crippen molar-refractivity contribution in [2.24, 2.45) is 0 Å². The molecule has 0 heterocycles. The van der Waals surface area contributed by atoms with Crippen LogP contribution in [0.2, 0.25) is 0 Å². The van der Waals surface area contributed by atoms with Crippen LogP contribution in [0.25, 0.3) is 0 Å². The first kappa shape index (κ1) is 18.1. The standard InChI is InChI=1S/C16H14F2N2O5/c17-16(18)25-14-5-1-11(2-6-14)19-15(21)9-10-24-13-7-3-12(4-8-13)20(22)23/h1-8,16H,9-10H2,(H,19,21). The highest BCUT2D eigenvalue weighted by atomic mass is 19.3. The molecular weight excluding hydrogens is 338 g/mol. The van der Waals surface area contributed by atoms with Crippen molar-refractivity contribution in [1.29, 1.82) is 0 Å². The van der Waals surface area contributed by atoms with E-state index in [4.69, 9.17) is 4.74 Å². The summed E-state index contributed by atoms with van der Waals surface area (Å²) in [7, 11) is 0. The van der Waals surface area contributed by atoms with Crippen molar-refractivity contribution in [2.45, 2.75) is 13.0 Å². The van der Waals surface area contributed by atoms with Crippen LogP contribution in [-0.4, -0.2) is 24.0 Å². The molecule has 0 unspecified atom stereocenters. The Morgan fingerprint density at radius 1 is 1.08 bits per heavy atom. The lowest BCUT2D eigenvalue weighted by Crippen LogP contribution is -2.15. The molecule has 7 nitrogen and oxygen atoms in total. The largest absolute Gasteiger partial charge is 0.493 e. The topological polar surface area (TPSA) is 90.7 Å². The Morgan fingerprint density at radius 2 is 1.68 bits per heavy atom. The average Bonchev–Trinajstić information content (AvgIpc) is 2.56. The van der Waals surface area contributed by atoms with Crippen LogP contribution in [0, 0.1) is 10.1 Å². The second-order valence-electron chi connectivity index (χ2n) is 4.80. The first-order valence-corrected chi connectivity index (χ1v) is 7.16. The molecule has 0 atom stereocenters. The Kier molecular flexibility index (Phi) is 6.21. The van der Waals surface area contributed by atoms with Crippen molar-refractivity contribution in [3.63, 3.8) is 0 Å². The molecule has 2 rings (SSSR count). The van der Waals surface area contributed by atoms with E-state index in [1.165, 1.54) is 48.5 Å². The van der Waals surface area contributed by atoms with Crippen LogP contribution in [-0.2, 0) is 4.79 Å². The Labute approximate surface area is 141 Å². The molecule has 1 amide bonds. The van der Waals surface area contributed by atoms with Crippen molar-refractivity contribution in [1.82, 2.24) is 0 Å². The van der Waals surface area contributed by atoms with Gasteiger partial charge in [0.15, 0.2) is 0 Å². The lowest BCUT2D eigenvalue weighted by molar-refractivity contribution is -0.384. The van der Waals surface area contributed by atoms with E-state index in [9.17, 15) is 23.7 Å². The summed E-state index contributed by atoms with van der Waals surface area (Å²) in [6.45, 7) is -2.83. The molecule has 9 heteroatoms. The summed E-state index contributed by atoms with van der Waals surface area (Å²) >= 11 is 0. The van der Waals surface area contributed by atoms with E-state index in [-0.39, 0.29) is 30.4 Å². The van der Waals surface area contributed by atoms with E-state index in [0.717, 1.165) is 0 Å². The fourth-order valence-electron chi connectivity index (χ4n) is 1.87. The van der Waals surface area contributed by atoms with Crippen LogP contribution >= 0.6 is 0 Å². The van der Waals surface area contributed by atoms with Crippen LogP contribution < -0.4 is 14.8 Å². The number of nitro benzene ring substituents is 1. The number of halogens is 2. The molecule has 0 aliphatic rings. The number of alkyl halides is 2. The second kappa shape index (κ2) is 8.57. The van der Waals surface area contributed by atoms with Gasteiger partial charge in [-0.15, -0.1) is 0 Å². The number of ether oxygens (including phenoxy) is 2. The molecule has 2 aromatic carbocycles. The number of carbonyl (C=O) groups excluding carboxylic acids is 1. The van der Waals surface area contributed by atoms with Gasteiger partial charge in [0.25, 0.3) is 5.69 Å².